The highest BCUT2D eigenvalue weighted by atomic mass is 35.5. The predicted octanol–water partition coefficient (Wildman–Crippen LogP) is 5.03. The molecule has 1 atom stereocenters. The van der Waals surface area contributed by atoms with E-state index in [1.807, 2.05) is 6.07 Å². The van der Waals surface area contributed by atoms with E-state index in [2.05, 4.69) is 4.90 Å². The third-order valence-corrected chi connectivity index (χ3v) is 5.84. The summed E-state index contributed by atoms with van der Waals surface area (Å²) < 4.78 is 19.5. The number of likely N-dealkylation sites (tertiary alicyclic amines) is 1. The Labute approximate surface area is 167 Å². The van der Waals surface area contributed by atoms with Crippen molar-refractivity contribution in [3.63, 3.8) is 0 Å². The Kier molecular flexibility index (Phi) is 6.25. The number of aliphatic carboxylic acids is 1. The molecule has 1 fully saturated rings. The van der Waals surface area contributed by atoms with Crippen LogP contribution >= 0.6 is 23.2 Å². The van der Waals surface area contributed by atoms with Crippen molar-refractivity contribution in [2.75, 3.05) is 20.2 Å². The Morgan fingerprint density at radius 3 is 2.56 bits per heavy atom. The van der Waals surface area contributed by atoms with Crippen molar-refractivity contribution >= 4 is 29.2 Å². The van der Waals surface area contributed by atoms with E-state index in [4.69, 9.17) is 27.9 Å². The number of hydrogen-bond donors (Lipinski definition) is 1. The first-order chi connectivity index (χ1) is 12.9. The third-order valence-electron chi connectivity index (χ3n) is 5.01. The van der Waals surface area contributed by atoms with Gasteiger partial charge in [0, 0.05) is 5.56 Å². The van der Waals surface area contributed by atoms with Crippen LogP contribution in [0.15, 0.2) is 36.4 Å². The van der Waals surface area contributed by atoms with Gasteiger partial charge in [0.15, 0.2) is 0 Å². The van der Waals surface area contributed by atoms with E-state index in [9.17, 15) is 14.3 Å². The van der Waals surface area contributed by atoms with Gasteiger partial charge in [0.25, 0.3) is 0 Å². The maximum atomic E-state index is 14.1. The second-order valence-corrected chi connectivity index (χ2v) is 7.37. The van der Waals surface area contributed by atoms with Crippen LogP contribution in [0.2, 0.25) is 10.0 Å². The highest BCUT2D eigenvalue weighted by Crippen LogP contribution is 2.41. The molecule has 1 saturated heterocycles. The minimum absolute atomic E-state index is 0.369. The molecule has 1 N–H and O–H groups in total. The van der Waals surface area contributed by atoms with Crippen molar-refractivity contribution in [3.05, 3.63) is 63.4 Å². The Morgan fingerprint density at radius 1 is 1.22 bits per heavy atom. The molecule has 0 aromatic heterocycles. The third kappa shape index (κ3) is 4.21. The van der Waals surface area contributed by atoms with E-state index in [1.165, 1.54) is 19.2 Å². The van der Waals surface area contributed by atoms with Crippen LogP contribution in [0.5, 0.6) is 5.75 Å². The van der Waals surface area contributed by atoms with Gasteiger partial charge < -0.3 is 9.84 Å². The minimum atomic E-state index is -0.782. The van der Waals surface area contributed by atoms with Crippen molar-refractivity contribution in [1.29, 1.82) is 0 Å². The Morgan fingerprint density at radius 2 is 1.93 bits per heavy atom. The molecule has 1 aliphatic heterocycles. The summed E-state index contributed by atoms with van der Waals surface area (Å²) in [6.07, 6.45) is 1.03. The fourth-order valence-electron chi connectivity index (χ4n) is 3.62. The number of ether oxygens (including phenoxy) is 1. The summed E-state index contributed by atoms with van der Waals surface area (Å²) in [6.45, 7) is 1.09. The van der Waals surface area contributed by atoms with Crippen LogP contribution in [0.25, 0.3) is 0 Å². The molecule has 0 amide bonds. The number of carboxylic acid groups (broad SMARTS) is 1. The maximum absolute atomic E-state index is 14.1. The van der Waals surface area contributed by atoms with Crippen LogP contribution in [-0.4, -0.2) is 36.2 Å². The largest absolute Gasteiger partial charge is 0.496 e. The van der Waals surface area contributed by atoms with Crippen LogP contribution < -0.4 is 4.74 Å². The quantitative estimate of drug-likeness (QED) is 0.749. The summed E-state index contributed by atoms with van der Waals surface area (Å²) in [5.74, 6) is -0.992. The lowest BCUT2D eigenvalue weighted by atomic mass is 9.91. The number of carbonyl (C=O) groups is 1. The second kappa shape index (κ2) is 8.46. The summed E-state index contributed by atoms with van der Waals surface area (Å²) in [7, 11) is 1.53. The van der Waals surface area contributed by atoms with Gasteiger partial charge in [0.1, 0.15) is 11.6 Å². The van der Waals surface area contributed by atoms with E-state index in [0.717, 1.165) is 5.56 Å². The number of methoxy groups -OCH3 is 1. The SMILES string of the molecule is COc1ccc(F)cc1C(c1cccc(Cl)c1Cl)N1CCC(C(=O)O)CC1. The minimum Gasteiger partial charge on any atom is -0.496 e. The highest BCUT2D eigenvalue weighted by molar-refractivity contribution is 6.42. The number of rotatable bonds is 5. The Bertz CT molecular complexity index is 838. The molecule has 0 aliphatic carbocycles. The highest BCUT2D eigenvalue weighted by Gasteiger charge is 2.33. The van der Waals surface area contributed by atoms with Crippen LogP contribution in [0.3, 0.4) is 0 Å². The fraction of sp³-hybridized carbons (Fsp3) is 0.350. The van der Waals surface area contributed by atoms with Gasteiger partial charge >= 0.3 is 5.97 Å². The van der Waals surface area contributed by atoms with Gasteiger partial charge in [0.05, 0.1) is 29.1 Å². The first kappa shape index (κ1) is 19.9. The summed E-state index contributed by atoms with van der Waals surface area (Å²) in [6, 6.07) is 9.32. The van der Waals surface area contributed by atoms with Crippen LogP contribution in [-0.2, 0) is 4.79 Å². The lowest BCUT2D eigenvalue weighted by molar-refractivity contribution is -0.143. The average molecular weight is 412 g/mol. The zero-order chi connectivity index (χ0) is 19.6. The standard InChI is InChI=1S/C20H20Cl2FNO3/c1-27-17-6-5-13(23)11-15(17)19(14-3-2-4-16(21)18(14)22)24-9-7-12(8-10-24)20(25)26/h2-6,11-12,19H,7-10H2,1H3,(H,25,26). The van der Waals surface area contributed by atoms with Crippen molar-refractivity contribution in [2.45, 2.75) is 18.9 Å². The van der Waals surface area contributed by atoms with Gasteiger partial charge in [-0.15, -0.1) is 0 Å². The Balaban J connectivity index is 2.07. The van der Waals surface area contributed by atoms with Gasteiger partial charge in [0.2, 0.25) is 0 Å². The van der Waals surface area contributed by atoms with E-state index < -0.39 is 12.0 Å². The van der Waals surface area contributed by atoms with E-state index in [0.29, 0.717) is 47.3 Å². The molecule has 0 saturated carbocycles. The average Bonchev–Trinajstić information content (AvgIpc) is 2.66. The number of nitrogens with zero attached hydrogens (tertiary/aromatic N) is 1. The normalized spacial score (nSPS) is 16.9. The van der Waals surface area contributed by atoms with Crippen molar-refractivity contribution < 1.29 is 19.0 Å². The summed E-state index contributed by atoms with van der Waals surface area (Å²) in [4.78, 5) is 13.4. The number of piperidine rings is 1. The maximum Gasteiger partial charge on any atom is 0.306 e. The van der Waals surface area contributed by atoms with E-state index >= 15 is 0 Å². The van der Waals surface area contributed by atoms with Gasteiger partial charge in [-0.2, -0.15) is 0 Å². The monoisotopic (exact) mass is 411 g/mol. The Hall–Kier alpha value is -1.82. The first-order valence-electron chi connectivity index (χ1n) is 8.66. The molecule has 1 unspecified atom stereocenters. The molecule has 0 radical (unpaired) electrons. The molecule has 1 heterocycles. The number of hydrogen-bond acceptors (Lipinski definition) is 3. The van der Waals surface area contributed by atoms with Crippen LogP contribution in [0.1, 0.15) is 30.0 Å². The molecule has 1 aliphatic rings. The topological polar surface area (TPSA) is 49.8 Å². The number of carboxylic acids is 1. The summed E-state index contributed by atoms with van der Waals surface area (Å²) in [5, 5.41) is 10.1. The van der Waals surface area contributed by atoms with Crippen molar-refractivity contribution in [2.24, 2.45) is 5.92 Å². The summed E-state index contributed by atoms with van der Waals surface area (Å²) in [5.41, 5.74) is 1.37. The molecule has 0 bridgehead atoms. The van der Waals surface area contributed by atoms with Crippen LogP contribution in [0, 0.1) is 11.7 Å². The lowest BCUT2D eigenvalue weighted by Crippen LogP contribution is -2.39. The molecule has 27 heavy (non-hydrogen) atoms. The fourth-order valence-corrected chi connectivity index (χ4v) is 4.03. The number of benzene rings is 2. The molecular formula is C20H20Cl2FNO3. The van der Waals surface area contributed by atoms with Crippen LogP contribution in [0.4, 0.5) is 4.39 Å². The molecule has 2 aromatic rings. The van der Waals surface area contributed by atoms with Gasteiger partial charge in [-0.1, -0.05) is 35.3 Å². The predicted molar refractivity (Wildman–Crippen MR) is 103 cm³/mol. The molecule has 0 spiro atoms. The van der Waals surface area contributed by atoms with E-state index in [-0.39, 0.29) is 11.7 Å². The smallest absolute Gasteiger partial charge is 0.306 e. The van der Waals surface area contributed by atoms with E-state index in [1.54, 1.807) is 18.2 Å². The molecule has 2 aromatic carbocycles. The van der Waals surface area contributed by atoms with Gasteiger partial charge in [-0.05, 0) is 55.8 Å². The van der Waals surface area contributed by atoms with Gasteiger partial charge in [-0.3, -0.25) is 9.69 Å². The first-order valence-corrected chi connectivity index (χ1v) is 9.42. The molecule has 4 nitrogen and oxygen atoms in total. The molecule has 3 rings (SSSR count). The van der Waals surface area contributed by atoms with Crippen molar-refractivity contribution in [3.8, 4) is 5.75 Å². The number of halogens is 3. The second-order valence-electron chi connectivity index (χ2n) is 6.58. The van der Waals surface area contributed by atoms with Crippen molar-refractivity contribution in [1.82, 2.24) is 4.90 Å². The molecule has 7 heteroatoms. The zero-order valence-corrected chi connectivity index (χ0v) is 16.3. The lowest BCUT2D eigenvalue weighted by Gasteiger charge is -2.38. The molecular weight excluding hydrogens is 392 g/mol. The summed E-state index contributed by atoms with van der Waals surface area (Å²) >= 11 is 12.7. The molecule has 144 valence electrons. The zero-order valence-electron chi connectivity index (χ0n) is 14.8. The van der Waals surface area contributed by atoms with Gasteiger partial charge in [-0.25, -0.2) is 4.39 Å².